The molecule has 0 heterocycles. The fraction of sp³-hybridized carbons (Fsp3) is 0.800. The van der Waals surface area contributed by atoms with Crippen LogP contribution in [0.2, 0.25) is 0 Å². The quantitative estimate of drug-likeness (QED) is 0.686. The van der Waals surface area contributed by atoms with Crippen molar-refractivity contribution in [3.05, 3.63) is 0 Å². The molecule has 96 valence electrons. The molecule has 0 radical (unpaired) electrons. The first kappa shape index (κ1) is 17.6. The number of hydrogen-bond donors (Lipinski definition) is 1. The maximum absolute atomic E-state index is 11.1. The zero-order valence-electron chi connectivity index (χ0n) is 9.73. The standard InChI is InChI=1S/C10H19NO4.ClH/c1-3-14-9(12)7-5-6-8(11)10(13)15-4-2;/h8H,3-7,11H2,1-2H3;1H/t8-;/m0./s1. The van der Waals surface area contributed by atoms with Crippen LogP contribution in [-0.4, -0.2) is 31.2 Å². The van der Waals surface area contributed by atoms with Gasteiger partial charge in [-0.3, -0.25) is 9.59 Å². The van der Waals surface area contributed by atoms with Crippen molar-refractivity contribution in [1.82, 2.24) is 0 Å². The van der Waals surface area contributed by atoms with Gasteiger partial charge in [0.25, 0.3) is 0 Å². The largest absolute Gasteiger partial charge is 0.466 e. The molecular formula is C10H20ClNO4. The van der Waals surface area contributed by atoms with Crippen LogP contribution in [0.5, 0.6) is 0 Å². The van der Waals surface area contributed by atoms with Gasteiger partial charge in [-0.05, 0) is 26.7 Å². The van der Waals surface area contributed by atoms with Crippen molar-refractivity contribution in [1.29, 1.82) is 0 Å². The third-order valence-electron chi connectivity index (χ3n) is 1.79. The van der Waals surface area contributed by atoms with Crippen molar-refractivity contribution >= 4 is 24.3 Å². The number of hydrogen-bond acceptors (Lipinski definition) is 5. The fourth-order valence-corrected chi connectivity index (χ4v) is 1.07. The summed E-state index contributed by atoms with van der Waals surface area (Å²) in [5, 5.41) is 0. The summed E-state index contributed by atoms with van der Waals surface area (Å²) in [6, 6.07) is -0.639. The summed E-state index contributed by atoms with van der Waals surface area (Å²) < 4.78 is 9.46. The van der Waals surface area contributed by atoms with E-state index in [0.717, 1.165) is 0 Å². The molecule has 0 saturated carbocycles. The third kappa shape index (κ3) is 8.49. The molecule has 2 N–H and O–H groups in total. The van der Waals surface area contributed by atoms with Gasteiger partial charge in [-0.25, -0.2) is 0 Å². The highest BCUT2D eigenvalue weighted by Gasteiger charge is 2.14. The van der Waals surface area contributed by atoms with E-state index in [1.165, 1.54) is 0 Å². The topological polar surface area (TPSA) is 78.6 Å². The molecule has 6 heteroatoms. The zero-order chi connectivity index (χ0) is 11.7. The minimum absolute atomic E-state index is 0. The lowest BCUT2D eigenvalue weighted by molar-refractivity contribution is -0.146. The van der Waals surface area contributed by atoms with E-state index in [-0.39, 0.29) is 18.4 Å². The summed E-state index contributed by atoms with van der Waals surface area (Å²) in [5.41, 5.74) is 5.54. The van der Waals surface area contributed by atoms with Crippen molar-refractivity contribution in [3.8, 4) is 0 Å². The first-order valence-electron chi connectivity index (χ1n) is 5.19. The first-order valence-corrected chi connectivity index (χ1v) is 5.19. The van der Waals surface area contributed by atoms with Crippen molar-refractivity contribution < 1.29 is 19.1 Å². The van der Waals surface area contributed by atoms with E-state index >= 15 is 0 Å². The number of carbonyl (C=O) groups is 2. The molecule has 0 rings (SSSR count). The van der Waals surface area contributed by atoms with E-state index in [1.54, 1.807) is 13.8 Å². The molecule has 16 heavy (non-hydrogen) atoms. The molecule has 0 saturated heterocycles. The second-order valence-electron chi connectivity index (χ2n) is 3.06. The van der Waals surface area contributed by atoms with Gasteiger partial charge in [0, 0.05) is 6.42 Å². The minimum Gasteiger partial charge on any atom is -0.466 e. The molecule has 0 unspecified atom stereocenters. The van der Waals surface area contributed by atoms with Crippen LogP contribution in [0.1, 0.15) is 33.1 Å². The van der Waals surface area contributed by atoms with Crippen LogP contribution in [0.3, 0.4) is 0 Å². The second-order valence-corrected chi connectivity index (χ2v) is 3.06. The average molecular weight is 254 g/mol. The molecule has 5 nitrogen and oxygen atoms in total. The Labute approximate surface area is 102 Å². The lowest BCUT2D eigenvalue weighted by Crippen LogP contribution is -2.32. The lowest BCUT2D eigenvalue weighted by Gasteiger charge is -2.09. The summed E-state index contributed by atoms with van der Waals surface area (Å²) in [6.45, 7) is 4.18. The van der Waals surface area contributed by atoms with Crippen molar-refractivity contribution in [2.75, 3.05) is 13.2 Å². The Morgan fingerprint density at radius 3 is 2.25 bits per heavy atom. The Morgan fingerprint density at radius 1 is 1.19 bits per heavy atom. The zero-order valence-corrected chi connectivity index (χ0v) is 10.5. The SMILES string of the molecule is CCOC(=O)CCC[C@H](N)C(=O)OCC.Cl. The number of rotatable bonds is 7. The summed E-state index contributed by atoms with van der Waals surface area (Å²) in [6.07, 6.45) is 1.28. The molecule has 0 bridgehead atoms. The molecule has 0 amide bonds. The number of nitrogens with two attached hydrogens (primary N) is 1. The van der Waals surface area contributed by atoms with Crippen LogP contribution < -0.4 is 5.73 Å². The molecule has 0 aromatic rings. The molecule has 0 aliphatic rings. The van der Waals surface area contributed by atoms with Gasteiger partial charge in [0.1, 0.15) is 6.04 Å². The first-order chi connectivity index (χ1) is 7.11. The fourth-order valence-electron chi connectivity index (χ4n) is 1.07. The molecule has 0 fully saturated rings. The molecule has 1 atom stereocenters. The van der Waals surface area contributed by atoms with Crippen LogP contribution >= 0.6 is 12.4 Å². The Balaban J connectivity index is 0. The smallest absolute Gasteiger partial charge is 0.322 e. The summed E-state index contributed by atoms with van der Waals surface area (Å²) in [7, 11) is 0. The van der Waals surface area contributed by atoms with Gasteiger partial charge in [-0.15, -0.1) is 12.4 Å². The molecular weight excluding hydrogens is 234 g/mol. The molecule has 0 aromatic heterocycles. The van der Waals surface area contributed by atoms with Gasteiger partial charge < -0.3 is 15.2 Å². The lowest BCUT2D eigenvalue weighted by atomic mass is 10.1. The minimum atomic E-state index is -0.639. The molecule has 0 spiro atoms. The average Bonchev–Trinajstić information content (AvgIpc) is 2.18. The summed E-state index contributed by atoms with van der Waals surface area (Å²) in [5.74, 6) is -0.671. The van der Waals surface area contributed by atoms with E-state index in [0.29, 0.717) is 32.5 Å². The molecule has 0 aliphatic heterocycles. The van der Waals surface area contributed by atoms with E-state index in [2.05, 4.69) is 0 Å². The Kier molecular flexibility index (Phi) is 11.8. The van der Waals surface area contributed by atoms with Crippen LogP contribution in [-0.2, 0) is 19.1 Å². The van der Waals surface area contributed by atoms with Crippen LogP contribution in [0.4, 0.5) is 0 Å². The predicted molar refractivity (Wildman–Crippen MR) is 62.3 cm³/mol. The molecule has 0 aromatic carbocycles. The van der Waals surface area contributed by atoms with E-state index < -0.39 is 12.0 Å². The number of carbonyl (C=O) groups excluding carboxylic acids is 2. The maximum atomic E-state index is 11.1. The highest BCUT2D eigenvalue weighted by Crippen LogP contribution is 2.02. The van der Waals surface area contributed by atoms with Gasteiger partial charge in [0.05, 0.1) is 13.2 Å². The van der Waals surface area contributed by atoms with Gasteiger partial charge >= 0.3 is 11.9 Å². The highest BCUT2D eigenvalue weighted by molar-refractivity contribution is 5.85. The Hall–Kier alpha value is -0.810. The van der Waals surface area contributed by atoms with Crippen LogP contribution in [0.25, 0.3) is 0 Å². The van der Waals surface area contributed by atoms with Crippen LogP contribution in [0.15, 0.2) is 0 Å². The maximum Gasteiger partial charge on any atom is 0.322 e. The monoisotopic (exact) mass is 253 g/mol. The Bertz CT molecular complexity index is 211. The predicted octanol–water partition coefficient (Wildman–Crippen LogP) is 1.03. The van der Waals surface area contributed by atoms with Gasteiger partial charge in [-0.2, -0.15) is 0 Å². The third-order valence-corrected chi connectivity index (χ3v) is 1.79. The van der Waals surface area contributed by atoms with Gasteiger partial charge in [-0.1, -0.05) is 0 Å². The Morgan fingerprint density at radius 2 is 1.75 bits per heavy atom. The second kappa shape index (κ2) is 10.7. The van der Waals surface area contributed by atoms with E-state index in [4.69, 9.17) is 15.2 Å². The van der Waals surface area contributed by atoms with Gasteiger partial charge in [0.15, 0.2) is 0 Å². The summed E-state index contributed by atoms with van der Waals surface area (Å²) in [4.78, 5) is 22.0. The highest BCUT2D eigenvalue weighted by atomic mass is 35.5. The van der Waals surface area contributed by atoms with Crippen molar-refractivity contribution in [3.63, 3.8) is 0 Å². The van der Waals surface area contributed by atoms with E-state index in [9.17, 15) is 9.59 Å². The van der Waals surface area contributed by atoms with Gasteiger partial charge in [0.2, 0.25) is 0 Å². The molecule has 0 aliphatic carbocycles. The number of halogens is 1. The summed E-state index contributed by atoms with van der Waals surface area (Å²) >= 11 is 0. The normalized spacial score (nSPS) is 11.2. The van der Waals surface area contributed by atoms with E-state index in [1.807, 2.05) is 0 Å². The number of esters is 2. The van der Waals surface area contributed by atoms with Crippen molar-refractivity contribution in [2.24, 2.45) is 5.73 Å². The van der Waals surface area contributed by atoms with Crippen LogP contribution in [0, 0.1) is 0 Å². The number of ether oxygens (including phenoxy) is 2. The van der Waals surface area contributed by atoms with Crippen molar-refractivity contribution in [2.45, 2.75) is 39.2 Å².